The summed E-state index contributed by atoms with van der Waals surface area (Å²) in [6.45, 7) is 1.91. The summed E-state index contributed by atoms with van der Waals surface area (Å²) in [4.78, 5) is 12.0. The van der Waals surface area contributed by atoms with E-state index in [0.717, 1.165) is 5.56 Å². The first-order chi connectivity index (χ1) is 8.62. The molecule has 3 rings (SSSR count). The number of carbonyl (C=O) groups excluding carboxylic acids is 1. The van der Waals surface area contributed by atoms with Gasteiger partial charge < -0.3 is 9.84 Å². The highest BCUT2D eigenvalue weighted by molar-refractivity contribution is 5.92. The molecule has 3 nitrogen and oxygen atoms in total. The van der Waals surface area contributed by atoms with Crippen LogP contribution in [0.5, 0.6) is 5.75 Å². The van der Waals surface area contributed by atoms with Gasteiger partial charge in [-0.1, -0.05) is 42.0 Å². The van der Waals surface area contributed by atoms with Gasteiger partial charge in [-0.25, -0.2) is 4.79 Å². The van der Waals surface area contributed by atoms with E-state index in [1.54, 1.807) is 36.4 Å². The molecule has 1 unspecified atom stereocenters. The van der Waals surface area contributed by atoms with Gasteiger partial charge in [-0.05, 0) is 24.6 Å². The van der Waals surface area contributed by atoms with Crippen molar-refractivity contribution in [3.05, 3.63) is 65.2 Å². The highest BCUT2D eigenvalue weighted by atomic mass is 16.6. The molecule has 2 aromatic rings. The summed E-state index contributed by atoms with van der Waals surface area (Å²) in [7, 11) is 0. The third kappa shape index (κ3) is 1.38. The monoisotopic (exact) mass is 240 g/mol. The van der Waals surface area contributed by atoms with Gasteiger partial charge in [0.05, 0.1) is 0 Å². The Kier molecular flexibility index (Phi) is 2.25. The first-order valence-electron chi connectivity index (χ1n) is 5.73. The van der Waals surface area contributed by atoms with Crippen LogP contribution in [0, 0.1) is 6.92 Å². The Hall–Kier alpha value is -2.13. The van der Waals surface area contributed by atoms with Crippen LogP contribution in [0.25, 0.3) is 0 Å². The summed E-state index contributed by atoms with van der Waals surface area (Å²) < 4.78 is 5.14. The molecule has 0 aliphatic carbocycles. The van der Waals surface area contributed by atoms with Gasteiger partial charge in [0.1, 0.15) is 5.75 Å². The quantitative estimate of drug-likeness (QED) is 0.613. The van der Waals surface area contributed by atoms with E-state index in [9.17, 15) is 9.90 Å². The third-order valence-corrected chi connectivity index (χ3v) is 3.21. The Bertz CT molecular complexity index is 619. The molecule has 1 atom stereocenters. The van der Waals surface area contributed by atoms with Gasteiger partial charge in [0, 0.05) is 5.56 Å². The Morgan fingerprint density at radius 3 is 2.56 bits per heavy atom. The highest BCUT2D eigenvalue weighted by Crippen LogP contribution is 2.42. The predicted molar refractivity (Wildman–Crippen MR) is 66.3 cm³/mol. The minimum Gasteiger partial charge on any atom is -0.423 e. The van der Waals surface area contributed by atoms with Crippen molar-refractivity contribution >= 4 is 5.97 Å². The van der Waals surface area contributed by atoms with Crippen LogP contribution in [0.1, 0.15) is 16.7 Å². The molecule has 0 amide bonds. The number of aliphatic hydroxyl groups is 1. The van der Waals surface area contributed by atoms with Crippen molar-refractivity contribution < 1.29 is 14.6 Å². The van der Waals surface area contributed by atoms with Crippen molar-refractivity contribution in [2.45, 2.75) is 12.5 Å². The molecule has 1 heterocycles. The number of carbonyl (C=O) groups is 1. The second-order valence-electron chi connectivity index (χ2n) is 4.47. The minimum atomic E-state index is -1.69. The largest absolute Gasteiger partial charge is 0.423 e. The fourth-order valence-corrected chi connectivity index (χ4v) is 2.25. The molecule has 0 saturated carbocycles. The molecule has 3 heteroatoms. The lowest BCUT2D eigenvalue weighted by atomic mass is 9.87. The molecular formula is C15H12O3. The van der Waals surface area contributed by atoms with Crippen LogP contribution in [-0.2, 0) is 10.4 Å². The zero-order chi connectivity index (χ0) is 12.8. The second kappa shape index (κ2) is 3.68. The fourth-order valence-electron chi connectivity index (χ4n) is 2.25. The number of hydrogen-bond donors (Lipinski definition) is 1. The summed E-state index contributed by atoms with van der Waals surface area (Å²) in [6.07, 6.45) is 0. The van der Waals surface area contributed by atoms with Crippen molar-refractivity contribution in [2.24, 2.45) is 0 Å². The fraction of sp³-hybridized carbons (Fsp3) is 0.133. The van der Waals surface area contributed by atoms with Gasteiger partial charge in [-0.3, -0.25) is 0 Å². The van der Waals surface area contributed by atoms with Crippen LogP contribution >= 0.6 is 0 Å². The van der Waals surface area contributed by atoms with Crippen molar-refractivity contribution in [2.75, 3.05) is 0 Å². The maximum Gasteiger partial charge on any atom is 0.353 e. The number of ether oxygens (including phenoxy) is 1. The minimum absolute atomic E-state index is 0.428. The van der Waals surface area contributed by atoms with Crippen LogP contribution in [0.2, 0.25) is 0 Å². The van der Waals surface area contributed by atoms with E-state index in [4.69, 9.17) is 4.74 Å². The Morgan fingerprint density at radius 1 is 1.11 bits per heavy atom. The van der Waals surface area contributed by atoms with Gasteiger partial charge >= 0.3 is 5.97 Å². The number of benzene rings is 2. The molecule has 2 aromatic carbocycles. The summed E-state index contributed by atoms with van der Waals surface area (Å²) in [5, 5.41) is 10.7. The number of aryl methyl sites for hydroxylation is 1. The number of esters is 1. The number of fused-ring (bicyclic) bond motifs is 1. The van der Waals surface area contributed by atoms with Crippen LogP contribution in [0.3, 0.4) is 0 Å². The van der Waals surface area contributed by atoms with Crippen LogP contribution in [-0.4, -0.2) is 11.1 Å². The van der Waals surface area contributed by atoms with Crippen molar-refractivity contribution in [3.63, 3.8) is 0 Å². The smallest absolute Gasteiger partial charge is 0.353 e. The van der Waals surface area contributed by atoms with E-state index in [-0.39, 0.29) is 0 Å². The molecule has 0 aromatic heterocycles. The predicted octanol–water partition coefficient (Wildman–Crippen LogP) is 2.15. The molecule has 0 radical (unpaired) electrons. The molecule has 0 bridgehead atoms. The van der Waals surface area contributed by atoms with E-state index in [1.807, 2.05) is 19.1 Å². The summed E-state index contributed by atoms with van der Waals surface area (Å²) in [6, 6.07) is 14.2. The molecule has 1 aliphatic heterocycles. The molecule has 0 spiro atoms. The van der Waals surface area contributed by atoms with Gasteiger partial charge in [0.2, 0.25) is 5.60 Å². The van der Waals surface area contributed by atoms with Crippen molar-refractivity contribution in [1.82, 2.24) is 0 Å². The lowest BCUT2D eigenvalue weighted by Gasteiger charge is -2.19. The lowest BCUT2D eigenvalue weighted by molar-refractivity contribution is -0.147. The SMILES string of the molecule is Cc1ccc2c(c1)C(O)(c1ccccc1)C(=O)O2. The van der Waals surface area contributed by atoms with Gasteiger partial charge in [0.25, 0.3) is 0 Å². The molecule has 1 N–H and O–H groups in total. The molecule has 0 saturated heterocycles. The van der Waals surface area contributed by atoms with E-state index in [2.05, 4.69) is 0 Å². The number of rotatable bonds is 1. The van der Waals surface area contributed by atoms with E-state index in [1.165, 1.54) is 0 Å². The average molecular weight is 240 g/mol. The van der Waals surface area contributed by atoms with E-state index in [0.29, 0.717) is 16.9 Å². The molecule has 0 fully saturated rings. The van der Waals surface area contributed by atoms with Gasteiger partial charge in [0.15, 0.2) is 0 Å². The van der Waals surface area contributed by atoms with E-state index < -0.39 is 11.6 Å². The van der Waals surface area contributed by atoms with Gasteiger partial charge in [-0.2, -0.15) is 0 Å². The highest BCUT2D eigenvalue weighted by Gasteiger charge is 2.49. The molecule has 1 aliphatic rings. The standard InChI is InChI=1S/C15H12O3/c1-10-7-8-13-12(9-10)15(17,14(16)18-13)11-5-3-2-4-6-11/h2-9,17H,1H3. The van der Waals surface area contributed by atoms with Gasteiger partial charge in [-0.15, -0.1) is 0 Å². The zero-order valence-corrected chi connectivity index (χ0v) is 9.88. The zero-order valence-electron chi connectivity index (χ0n) is 9.88. The van der Waals surface area contributed by atoms with Crippen molar-refractivity contribution in [1.29, 1.82) is 0 Å². The van der Waals surface area contributed by atoms with Crippen molar-refractivity contribution in [3.8, 4) is 5.75 Å². The van der Waals surface area contributed by atoms with Crippen LogP contribution in [0.4, 0.5) is 0 Å². The molecular weight excluding hydrogens is 228 g/mol. The summed E-state index contributed by atoms with van der Waals surface area (Å²) in [5.41, 5.74) is 0.322. The average Bonchev–Trinajstić information content (AvgIpc) is 2.64. The maximum absolute atomic E-state index is 12.0. The molecule has 18 heavy (non-hydrogen) atoms. The van der Waals surface area contributed by atoms with Crippen LogP contribution < -0.4 is 4.74 Å². The van der Waals surface area contributed by atoms with E-state index >= 15 is 0 Å². The third-order valence-electron chi connectivity index (χ3n) is 3.21. The summed E-state index contributed by atoms with van der Waals surface area (Å²) >= 11 is 0. The Morgan fingerprint density at radius 2 is 1.83 bits per heavy atom. The Balaban J connectivity index is 2.25. The Labute approximate surface area is 105 Å². The topological polar surface area (TPSA) is 46.5 Å². The first kappa shape index (κ1) is 11.0. The van der Waals surface area contributed by atoms with Crippen LogP contribution in [0.15, 0.2) is 48.5 Å². The lowest BCUT2D eigenvalue weighted by Crippen LogP contribution is -2.34. The normalized spacial score (nSPS) is 21.6. The maximum atomic E-state index is 12.0. The number of hydrogen-bond acceptors (Lipinski definition) is 3. The molecule has 90 valence electrons. The summed E-state index contributed by atoms with van der Waals surface area (Å²) in [5.74, 6) is -0.216. The first-order valence-corrected chi connectivity index (χ1v) is 5.73. The second-order valence-corrected chi connectivity index (χ2v) is 4.47.